The van der Waals surface area contributed by atoms with Crippen molar-refractivity contribution in [1.29, 1.82) is 0 Å². The Hall–Kier alpha value is -0.650. The summed E-state index contributed by atoms with van der Waals surface area (Å²) < 4.78 is 5.58. The van der Waals surface area contributed by atoms with Gasteiger partial charge in [0, 0.05) is 39.6 Å². The molecule has 2 N–H and O–H groups in total. The number of rotatable bonds is 5. The van der Waals surface area contributed by atoms with Crippen LogP contribution in [0.3, 0.4) is 0 Å². The number of carbonyl (C=O) groups is 1. The van der Waals surface area contributed by atoms with Gasteiger partial charge < -0.3 is 20.3 Å². The molecule has 1 saturated heterocycles. The van der Waals surface area contributed by atoms with Crippen LogP contribution in [0.15, 0.2) is 0 Å². The number of hydrogen-bond acceptors (Lipinski definition) is 4. The average molecular weight is 215 g/mol. The van der Waals surface area contributed by atoms with Gasteiger partial charge in [-0.05, 0) is 7.05 Å². The zero-order valence-electron chi connectivity index (χ0n) is 9.58. The van der Waals surface area contributed by atoms with Crippen LogP contribution in [0.25, 0.3) is 0 Å². The third-order valence-corrected chi connectivity index (χ3v) is 2.39. The summed E-state index contributed by atoms with van der Waals surface area (Å²) >= 11 is 0. The normalized spacial score (nSPS) is 21.7. The maximum atomic E-state index is 10.7. The molecule has 1 atom stereocenters. The van der Waals surface area contributed by atoms with Crippen LogP contribution in [-0.4, -0.2) is 63.3 Å². The number of likely N-dealkylation sites (N-methyl/N-ethyl adjacent to an activating group) is 1. The first-order chi connectivity index (χ1) is 7.18. The minimum absolute atomic E-state index is 0.0268. The molecule has 0 aromatic carbocycles. The lowest BCUT2D eigenvalue weighted by atomic mass is 10.3. The molecule has 1 rings (SSSR count). The van der Waals surface area contributed by atoms with E-state index in [-0.39, 0.29) is 12.0 Å². The Labute approximate surface area is 91.2 Å². The number of carbonyl (C=O) groups excluding carboxylic acids is 1. The van der Waals surface area contributed by atoms with Gasteiger partial charge in [0.25, 0.3) is 0 Å². The van der Waals surface area contributed by atoms with E-state index in [0.29, 0.717) is 6.54 Å². The summed E-state index contributed by atoms with van der Waals surface area (Å²) in [6, 6.07) is 0. The largest absolute Gasteiger partial charge is 0.374 e. The van der Waals surface area contributed by atoms with Crippen LogP contribution in [0, 0.1) is 0 Å². The summed E-state index contributed by atoms with van der Waals surface area (Å²) in [5.41, 5.74) is 0. The van der Waals surface area contributed by atoms with Crippen LogP contribution in [0.2, 0.25) is 0 Å². The fraction of sp³-hybridized carbons (Fsp3) is 0.900. The maximum absolute atomic E-state index is 10.7. The number of morpholine rings is 1. The van der Waals surface area contributed by atoms with Crippen LogP contribution in [0.4, 0.5) is 0 Å². The molecule has 1 heterocycles. The van der Waals surface area contributed by atoms with E-state index < -0.39 is 0 Å². The highest BCUT2D eigenvalue weighted by molar-refractivity contribution is 5.72. The highest BCUT2D eigenvalue weighted by atomic mass is 16.5. The fourth-order valence-electron chi connectivity index (χ4n) is 1.60. The predicted molar refractivity (Wildman–Crippen MR) is 58.8 cm³/mol. The molecule has 1 fully saturated rings. The van der Waals surface area contributed by atoms with Gasteiger partial charge in [-0.1, -0.05) is 0 Å². The van der Waals surface area contributed by atoms with Gasteiger partial charge in [-0.3, -0.25) is 4.79 Å². The van der Waals surface area contributed by atoms with E-state index in [0.717, 1.165) is 32.8 Å². The van der Waals surface area contributed by atoms with Crippen molar-refractivity contribution in [3.8, 4) is 0 Å². The number of nitrogens with one attached hydrogen (secondary N) is 2. The van der Waals surface area contributed by atoms with Crippen LogP contribution < -0.4 is 10.6 Å². The molecule has 0 bridgehead atoms. The molecule has 1 aliphatic rings. The summed E-state index contributed by atoms with van der Waals surface area (Å²) in [7, 11) is 2.04. The van der Waals surface area contributed by atoms with Gasteiger partial charge in [-0.25, -0.2) is 0 Å². The average Bonchev–Trinajstić information content (AvgIpc) is 2.18. The van der Waals surface area contributed by atoms with E-state index in [1.54, 1.807) is 0 Å². The molecular formula is C10H21N3O2. The van der Waals surface area contributed by atoms with Crippen LogP contribution in [0.5, 0.6) is 0 Å². The first kappa shape index (κ1) is 12.4. The topological polar surface area (TPSA) is 53.6 Å². The number of ether oxygens (including phenoxy) is 1. The van der Waals surface area contributed by atoms with Gasteiger partial charge in [0.2, 0.25) is 5.91 Å². The van der Waals surface area contributed by atoms with E-state index in [1.807, 2.05) is 7.05 Å². The van der Waals surface area contributed by atoms with Crippen molar-refractivity contribution in [3.63, 3.8) is 0 Å². The van der Waals surface area contributed by atoms with Crippen molar-refractivity contribution in [3.05, 3.63) is 0 Å². The molecule has 0 radical (unpaired) electrons. The van der Waals surface area contributed by atoms with Gasteiger partial charge in [0.15, 0.2) is 0 Å². The second-order valence-electron chi connectivity index (χ2n) is 3.94. The molecule has 5 heteroatoms. The minimum Gasteiger partial charge on any atom is -0.374 e. The summed E-state index contributed by atoms with van der Waals surface area (Å²) in [6.07, 6.45) is 0.279. The molecule has 1 amide bonds. The first-order valence-corrected chi connectivity index (χ1v) is 5.44. The van der Waals surface area contributed by atoms with Crippen molar-refractivity contribution in [2.24, 2.45) is 0 Å². The summed E-state index contributed by atoms with van der Waals surface area (Å²) in [5.74, 6) is 0.0268. The molecule has 1 unspecified atom stereocenters. The van der Waals surface area contributed by atoms with E-state index in [9.17, 15) is 4.79 Å². The summed E-state index contributed by atoms with van der Waals surface area (Å²) in [4.78, 5) is 12.8. The zero-order valence-corrected chi connectivity index (χ0v) is 9.58. The Kier molecular flexibility index (Phi) is 5.60. The Morgan fingerprint density at radius 2 is 2.47 bits per heavy atom. The Morgan fingerprint density at radius 3 is 3.07 bits per heavy atom. The molecule has 5 nitrogen and oxygen atoms in total. The smallest absolute Gasteiger partial charge is 0.216 e. The predicted octanol–water partition coefficient (Wildman–Crippen LogP) is -0.957. The quantitative estimate of drug-likeness (QED) is 0.620. The van der Waals surface area contributed by atoms with Crippen molar-refractivity contribution in [2.45, 2.75) is 13.0 Å². The molecule has 88 valence electrons. The fourth-order valence-corrected chi connectivity index (χ4v) is 1.60. The van der Waals surface area contributed by atoms with Gasteiger partial charge in [-0.15, -0.1) is 0 Å². The lowest BCUT2D eigenvalue weighted by Crippen LogP contribution is -2.45. The summed E-state index contributed by atoms with van der Waals surface area (Å²) in [6.45, 7) is 6.67. The Bertz CT molecular complexity index is 193. The van der Waals surface area contributed by atoms with Crippen LogP contribution >= 0.6 is 0 Å². The summed E-state index contributed by atoms with van der Waals surface area (Å²) in [5, 5.41) is 6.07. The first-order valence-electron chi connectivity index (χ1n) is 5.44. The third-order valence-electron chi connectivity index (χ3n) is 2.39. The second kappa shape index (κ2) is 6.76. The van der Waals surface area contributed by atoms with E-state index in [2.05, 4.69) is 15.5 Å². The van der Waals surface area contributed by atoms with Gasteiger partial charge >= 0.3 is 0 Å². The minimum atomic E-state index is 0.0268. The SMILES string of the molecule is CC(=O)NCCN(C)CC1CNCCO1. The Morgan fingerprint density at radius 1 is 1.67 bits per heavy atom. The van der Waals surface area contributed by atoms with Gasteiger partial charge in [0.05, 0.1) is 12.7 Å². The molecular weight excluding hydrogens is 194 g/mol. The number of amides is 1. The molecule has 0 saturated carbocycles. The van der Waals surface area contributed by atoms with Crippen molar-refractivity contribution in [2.75, 3.05) is 46.4 Å². The lowest BCUT2D eigenvalue weighted by molar-refractivity contribution is -0.119. The highest BCUT2D eigenvalue weighted by Crippen LogP contribution is 1.97. The second-order valence-corrected chi connectivity index (χ2v) is 3.94. The molecule has 1 aliphatic heterocycles. The molecule has 0 aromatic rings. The van der Waals surface area contributed by atoms with Crippen molar-refractivity contribution < 1.29 is 9.53 Å². The molecule has 0 spiro atoms. The van der Waals surface area contributed by atoms with E-state index >= 15 is 0 Å². The Balaban J connectivity index is 2.06. The maximum Gasteiger partial charge on any atom is 0.216 e. The number of hydrogen-bond donors (Lipinski definition) is 2. The molecule has 0 aliphatic carbocycles. The number of nitrogens with zero attached hydrogens (tertiary/aromatic N) is 1. The van der Waals surface area contributed by atoms with Crippen LogP contribution in [-0.2, 0) is 9.53 Å². The molecule has 0 aromatic heterocycles. The van der Waals surface area contributed by atoms with E-state index in [4.69, 9.17) is 4.74 Å². The van der Waals surface area contributed by atoms with Crippen LogP contribution in [0.1, 0.15) is 6.92 Å². The van der Waals surface area contributed by atoms with Crippen molar-refractivity contribution >= 4 is 5.91 Å². The van der Waals surface area contributed by atoms with Gasteiger partial charge in [-0.2, -0.15) is 0 Å². The lowest BCUT2D eigenvalue weighted by Gasteiger charge is -2.27. The zero-order chi connectivity index (χ0) is 11.1. The van der Waals surface area contributed by atoms with Crippen molar-refractivity contribution in [1.82, 2.24) is 15.5 Å². The van der Waals surface area contributed by atoms with E-state index in [1.165, 1.54) is 6.92 Å². The molecule has 15 heavy (non-hydrogen) atoms. The third kappa shape index (κ3) is 5.71. The standard InChI is InChI=1S/C10H21N3O2/c1-9(14)12-3-5-13(2)8-10-7-11-4-6-15-10/h10-11H,3-8H2,1-2H3,(H,12,14). The monoisotopic (exact) mass is 215 g/mol. The highest BCUT2D eigenvalue weighted by Gasteiger charge is 2.14. The van der Waals surface area contributed by atoms with Gasteiger partial charge in [0.1, 0.15) is 0 Å².